The van der Waals surface area contributed by atoms with Gasteiger partial charge in [-0.1, -0.05) is 195 Å². The van der Waals surface area contributed by atoms with Crippen molar-refractivity contribution in [1.29, 1.82) is 0 Å². The van der Waals surface area contributed by atoms with Gasteiger partial charge in [0.15, 0.2) is 0 Å². The van der Waals surface area contributed by atoms with Gasteiger partial charge in [0.1, 0.15) is 0 Å². The second-order valence-corrected chi connectivity index (χ2v) is 15.3. The Bertz CT molecular complexity index is 1120. The number of hydrogen-bond donors (Lipinski definition) is 0. The molecule has 0 bridgehead atoms. The van der Waals surface area contributed by atoms with Crippen LogP contribution < -0.4 is 30.6 Å². The summed E-state index contributed by atoms with van der Waals surface area (Å²) in [6, 6.07) is 0. The molecule has 0 spiro atoms. The van der Waals surface area contributed by atoms with Crippen molar-refractivity contribution in [2.45, 2.75) is 208 Å². The second-order valence-electron chi connectivity index (χ2n) is 15.3. The van der Waals surface area contributed by atoms with E-state index in [0.29, 0.717) is 12.8 Å². The van der Waals surface area contributed by atoms with Crippen molar-refractivity contribution in [3.05, 3.63) is 72.9 Å². The number of unbranched alkanes of at least 4 members (excludes halogenated alkanes) is 22. The molecule has 12 nitrogen and oxygen atoms in total. The molecule has 0 amide bonds. The minimum atomic E-state index is -1.19. The molecule has 0 aromatic carbocycles. The van der Waals surface area contributed by atoms with Crippen molar-refractivity contribution in [2.24, 2.45) is 0 Å². The Morgan fingerprint density at radius 3 is 0.508 bits per heavy atom. The number of hydrogen-bond acceptors (Lipinski definition) is 12. The predicted octanol–water partition coefficient (Wildman–Crippen LogP) is 4.87. The summed E-state index contributed by atoms with van der Waals surface area (Å²) in [7, 11) is 0. The summed E-state index contributed by atoms with van der Waals surface area (Å²) in [6.45, 7) is 29.4. The third kappa shape index (κ3) is 90.2. The van der Waals surface area contributed by atoms with Crippen LogP contribution >= 0.6 is 0 Å². The van der Waals surface area contributed by atoms with Gasteiger partial charge in [-0.15, -0.1) is 0 Å². The maximum atomic E-state index is 10.4. The van der Waals surface area contributed by atoms with Crippen LogP contribution in [0, 0.1) is 0 Å². The van der Waals surface area contributed by atoms with Gasteiger partial charge >= 0.3 is 113 Å². The zero-order valence-electron chi connectivity index (χ0n) is 41.6. The number of carboxylic acid groups (broad SMARTS) is 6. The molecule has 0 radical (unpaired) electrons. The fraction of sp³-hybridized carbons (Fsp3) is 0.640. The molecule has 0 aliphatic heterocycles. The fourth-order valence-electron chi connectivity index (χ4n) is 4.56. The molecule has 0 heterocycles. The third-order valence-electron chi connectivity index (χ3n) is 8.64. The first-order valence-corrected chi connectivity index (χ1v) is 22.2. The van der Waals surface area contributed by atoms with E-state index in [1.807, 2.05) is 0 Å². The van der Waals surface area contributed by atoms with E-state index in [-0.39, 0.29) is 147 Å². The van der Waals surface area contributed by atoms with Crippen LogP contribution in [0.3, 0.4) is 0 Å². The van der Waals surface area contributed by atoms with E-state index in [1.165, 1.54) is 156 Å². The Labute approximate surface area is 484 Å². The first-order valence-electron chi connectivity index (χ1n) is 22.2. The summed E-state index contributed by atoms with van der Waals surface area (Å²) in [5, 5.41) is 58.8. The van der Waals surface area contributed by atoms with E-state index in [4.69, 9.17) is 0 Å². The van der Waals surface area contributed by atoms with Crippen LogP contribution in [0.5, 0.6) is 0 Å². The topological polar surface area (TPSA) is 241 Å². The molecule has 0 saturated carbocycles. The SMILES string of the molecule is C=C(C)C(=O)[O-].C=C(C)C(=O)[O-].C=C(C)C(=O)[O-].C=C(C)C(=O)[O-].C=C(CCCCCCCCCCCCCC)C(=O)[O-].C=C(CCCCCCCCCCCCCC)C(=O)[O-].[Ca+2].[Ca+2].[Ca+2]. The first kappa shape index (κ1) is 84.0. The molecule has 0 unspecified atom stereocenters. The number of carbonyl (C=O) groups is 6. The zero-order valence-corrected chi connectivity index (χ0v) is 48.3. The number of aliphatic carboxylic acids is 6. The van der Waals surface area contributed by atoms with Crippen LogP contribution in [0.2, 0.25) is 0 Å². The molecule has 0 aliphatic rings. The fourth-order valence-corrected chi connectivity index (χ4v) is 4.56. The van der Waals surface area contributed by atoms with Crippen molar-refractivity contribution in [3.8, 4) is 0 Å². The van der Waals surface area contributed by atoms with E-state index in [0.717, 1.165) is 25.7 Å². The van der Waals surface area contributed by atoms with Crippen molar-refractivity contribution in [3.63, 3.8) is 0 Å². The number of rotatable bonds is 32. The van der Waals surface area contributed by atoms with E-state index in [1.54, 1.807) is 0 Å². The van der Waals surface area contributed by atoms with Gasteiger partial charge in [-0.25, -0.2) is 0 Å². The van der Waals surface area contributed by atoms with E-state index < -0.39 is 35.8 Å². The van der Waals surface area contributed by atoms with E-state index in [9.17, 15) is 59.4 Å². The van der Waals surface area contributed by atoms with Crippen LogP contribution in [-0.4, -0.2) is 149 Å². The van der Waals surface area contributed by atoms with Crippen LogP contribution in [0.15, 0.2) is 72.9 Å². The predicted molar refractivity (Wildman–Crippen MR) is 256 cm³/mol. The summed E-state index contributed by atoms with van der Waals surface area (Å²) < 4.78 is 0. The quantitative estimate of drug-likeness (QED) is 0.0498. The Hall–Kier alpha value is -0.961. The van der Waals surface area contributed by atoms with Gasteiger partial charge in [0.2, 0.25) is 0 Å². The summed E-state index contributed by atoms with van der Waals surface area (Å²) >= 11 is 0. The molecule has 0 atom stereocenters. The molecule has 360 valence electrons. The minimum absolute atomic E-state index is 0. The maximum Gasteiger partial charge on any atom is 2.00 e. The van der Waals surface area contributed by atoms with Crippen LogP contribution in [0.1, 0.15) is 208 Å². The number of carbonyl (C=O) groups excluding carboxylic acids is 6. The smallest absolute Gasteiger partial charge is 0.545 e. The van der Waals surface area contributed by atoms with Crippen LogP contribution in [0.25, 0.3) is 0 Å². The molecule has 0 rings (SSSR count). The van der Waals surface area contributed by atoms with Gasteiger partial charge in [-0.2, -0.15) is 0 Å². The maximum absolute atomic E-state index is 10.4. The second kappa shape index (κ2) is 65.1. The van der Waals surface area contributed by atoms with Crippen molar-refractivity contribution in [1.82, 2.24) is 0 Å². The molecule has 0 aliphatic carbocycles. The van der Waals surface area contributed by atoms with Crippen molar-refractivity contribution >= 4 is 149 Å². The monoisotopic (exact) mass is 994 g/mol. The van der Waals surface area contributed by atoms with Gasteiger partial charge < -0.3 is 59.4 Å². The van der Waals surface area contributed by atoms with E-state index in [2.05, 4.69) is 53.3 Å². The number of carboxylic acids is 6. The van der Waals surface area contributed by atoms with E-state index >= 15 is 0 Å². The molecule has 0 saturated heterocycles. The molecule has 0 aromatic heterocycles. The Morgan fingerprint density at radius 2 is 0.400 bits per heavy atom. The normalized spacial score (nSPS) is 8.95. The summed E-state index contributed by atoms with van der Waals surface area (Å²) in [4.78, 5) is 58.8. The van der Waals surface area contributed by atoms with Gasteiger partial charge in [0.05, 0.1) is 35.8 Å². The van der Waals surface area contributed by atoms with Gasteiger partial charge in [0, 0.05) is 0 Å². The van der Waals surface area contributed by atoms with Crippen LogP contribution in [0.4, 0.5) is 0 Å². The Kier molecular flexibility index (Phi) is 84.2. The molecular weight excluding hydrogens is 913 g/mol. The average Bonchev–Trinajstić information content (AvgIpc) is 3.19. The summed E-state index contributed by atoms with van der Waals surface area (Å²) in [5.74, 6) is -6.93. The Morgan fingerprint density at radius 1 is 0.277 bits per heavy atom. The first-order chi connectivity index (χ1) is 28.9. The molecule has 65 heavy (non-hydrogen) atoms. The summed E-state index contributed by atoms with van der Waals surface area (Å²) in [6.07, 6.45) is 32.2. The minimum Gasteiger partial charge on any atom is -0.545 e. The molecule has 0 aromatic rings. The zero-order chi connectivity index (χ0) is 49.3. The summed E-state index contributed by atoms with van der Waals surface area (Å²) in [5.41, 5.74) is 0.745. The standard InChI is InChI=1S/2C17H32O2.4C4H6O2.3Ca/c2*1-3-4-5-6-7-8-9-10-11-12-13-14-15-16(2)17(18)19;4*1-3(2)4(5)6;;;/h2*2-15H2,1H3,(H,18,19);4*1H2,2H3,(H,5,6);;;/q;;;;;;3*+2/p-6. The van der Waals surface area contributed by atoms with Crippen molar-refractivity contribution < 1.29 is 59.4 Å². The van der Waals surface area contributed by atoms with Gasteiger partial charge in [-0.3, -0.25) is 0 Å². The van der Waals surface area contributed by atoms with Gasteiger partial charge in [0.25, 0.3) is 0 Å². The molecule has 0 N–H and O–H groups in total. The van der Waals surface area contributed by atoms with Gasteiger partial charge in [-0.05, 0) is 86.8 Å². The van der Waals surface area contributed by atoms with Crippen molar-refractivity contribution in [2.75, 3.05) is 0 Å². The Balaban J connectivity index is -0.0000000897. The van der Waals surface area contributed by atoms with Crippen LogP contribution in [-0.2, 0) is 28.8 Å². The molecule has 15 heteroatoms. The largest absolute Gasteiger partial charge is 2.00 e. The average molecular weight is 995 g/mol. The third-order valence-corrected chi connectivity index (χ3v) is 8.64. The molecule has 0 fully saturated rings. The molecular formula is C50H82Ca3O12.